The van der Waals surface area contributed by atoms with Gasteiger partial charge in [-0.2, -0.15) is 18.3 Å². The molecule has 38 heavy (non-hydrogen) atoms. The summed E-state index contributed by atoms with van der Waals surface area (Å²) < 4.78 is 43.9. The first-order valence-corrected chi connectivity index (χ1v) is 13.6. The van der Waals surface area contributed by atoms with Gasteiger partial charge in [0, 0.05) is 24.5 Å². The SMILES string of the molecule is CC(C)(C)[C@H]1C[C@H](CN(CC(O)c2c(Cl)cncc2Cl)C(=O)c2cnn(C3C=CCCC3)c2C(F)(F)F)C1. The van der Waals surface area contributed by atoms with Gasteiger partial charge in [0.25, 0.3) is 5.91 Å². The summed E-state index contributed by atoms with van der Waals surface area (Å²) in [5.74, 6) is -0.280. The van der Waals surface area contributed by atoms with E-state index in [0.29, 0.717) is 12.3 Å². The fraction of sp³-hybridized carbons (Fsp3) is 0.593. The summed E-state index contributed by atoms with van der Waals surface area (Å²) in [5, 5.41) is 15.3. The van der Waals surface area contributed by atoms with Crippen molar-refractivity contribution < 1.29 is 23.1 Å². The molecular formula is C27H33Cl2F3N4O2. The largest absolute Gasteiger partial charge is 0.433 e. The Morgan fingerprint density at radius 1 is 1.18 bits per heavy atom. The molecule has 2 aromatic rings. The number of carbonyl (C=O) groups is 1. The monoisotopic (exact) mass is 572 g/mol. The predicted molar refractivity (Wildman–Crippen MR) is 140 cm³/mol. The maximum Gasteiger partial charge on any atom is 0.433 e. The number of pyridine rings is 1. The average Bonchev–Trinajstić information content (AvgIpc) is 3.25. The quantitative estimate of drug-likeness (QED) is 0.358. The summed E-state index contributed by atoms with van der Waals surface area (Å²) in [6, 6.07) is -0.574. The number of aliphatic hydroxyl groups excluding tert-OH is 1. The Kier molecular flexibility index (Phi) is 8.50. The zero-order valence-electron chi connectivity index (χ0n) is 21.7. The van der Waals surface area contributed by atoms with E-state index in [1.165, 1.54) is 17.3 Å². The van der Waals surface area contributed by atoms with E-state index in [2.05, 4.69) is 30.9 Å². The maximum absolute atomic E-state index is 14.3. The molecule has 2 aliphatic carbocycles. The van der Waals surface area contributed by atoms with Crippen LogP contribution in [0.15, 0.2) is 30.7 Å². The van der Waals surface area contributed by atoms with Crippen LogP contribution in [0.5, 0.6) is 0 Å². The van der Waals surface area contributed by atoms with Crippen LogP contribution in [0.3, 0.4) is 0 Å². The Morgan fingerprint density at radius 3 is 2.39 bits per heavy atom. The summed E-state index contributed by atoms with van der Waals surface area (Å²) in [6.45, 7) is 6.38. The number of amides is 1. The molecule has 0 aromatic carbocycles. The van der Waals surface area contributed by atoms with Crippen molar-refractivity contribution in [2.45, 2.75) is 71.2 Å². The molecule has 0 saturated heterocycles. The predicted octanol–water partition coefficient (Wildman–Crippen LogP) is 7.13. The van der Waals surface area contributed by atoms with Gasteiger partial charge in [0.1, 0.15) is 0 Å². The Morgan fingerprint density at radius 2 is 1.84 bits per heavy atom. The Bertz CT molecular complexity index is 1170. The van der Waals surface area contributed by atoms with Gasteiger partial charge in [-0.15, -0.1) is 0 Å². The molecule has 208 valence electrons. The third-order valence-corrected chi connectivity index (χ3v) is 8.28. The number of hydrogen-bond acceptors (Lipinski definition) is 4. The van der Waals surface area contributed by atoms with E-state index in [0.717, 1.165) is 36.6 Å². The first kappa shape index (κ1) is 28.9. The topological polar surface area (TPSA) is 71.2 Å². The van der Waals surface area contributed by atoms with Gasteiger partial charge >= 0.3 is 6.18 Å². The lowest BCUT2D eigenvalue weighted by atomic mass is 9.63. The number of nitrogens with zero attached hydrogens (tertiary/aromatic N) is 4. The number of alkyl halides is 3. The zero-order chi connectivity index (χ0) is 27.8. The van der Waals surface area contributed by atoms with Crippen molar-refractivity contribution in [1.29, 1.82) is 0 Å². The van der Waals surface area contributed by atoms with Gasteiger partial charge in [0.05, 0.1) is 40.5 Å². The molecule has 11 heteroatoms. The van der Waals surface area contributed by atoms with E-state index in [-0.39, 0.29) is 40.0 Å². The Balaban J connectivity index is 1.66. The number of hydrogen-bond donors (Lipinski definition) is 1. The first-order valence-electron chi connectivity index (χ1n) is 12.8. The second kappa shape index (κ2) is 11.2. The van der Waals surface area contributed by atoms with Crippen LogP contribution in [0.4, 0.5) is 13.2 Å². The molecule has 2 unspecified atom stereocenters. The van der Waals surface area contributed by atoms with E-state index < -0.39 is 35.5 Å². The number of aliphatic hydroxyl groups is 1. The second-order valence-corrected chi connectivity index (χ2v) is 12.2. The van der Waals surface area contributed by atoms with Gasteiger partial charge in [0.15, 0.2) is 5.69 Å². The van der Waals surface area contributed by atoms with Crippen LogP contribution >= 0.6 is 23.2 Å². The minimum Gasteiger partial charge on any atom is -0.386 e. The van der Waals surface area contributed by atoms with Gasteiger partial charge in [-0.3, -0.25) is 14.5 Å². The molecule has 1 saturated carbocycles. The van der Waals surface area contributed by atoms with E-state index in [4.69, 9.17) is 23.2 Å². The van der Waals surface area contributed by atoms with Crippen molar-refractivity contribution >= 4 is 29.1 Å². The second-order valence-electron chi connectivity index (χ2n) is 11.4. The standard InChI is InChI=1S/C27H33Cl2F3N4O2/c1-26(2,3)17-9-16(10-17)14-35(15-22(37)23-20(28)12-33-13-21(23)29)25(38)19-11-34-36(24(19)27(30,31)32)18-7-5-4-6-8-18/h5,7,11-13,16-18,22,37H,4,6,8-10,14-15H2,1-3H3/t16-,17-,18?,22?. The highest BCUT2D eigenvalue weighted by Gasteiger charge is 2.44. The summed E-state index contributed by atoms with van der Waals surface area (Å²) in [7, 11) is 0. The lowest BCUT2D eigenvalue weighted by Gasteiger charge is -2.45. The van der Waals surface area contributed by atoms with Gasteiger partial charge in [-0.1, -0.05) is 56.1 Å². The van der Waals surface area contributed by atoms with Gasteiger partial charge in [-0.25, -0.2) is 0 Å². The van der Waals surface area contributed by atoms with E-state index >= 15 is 0 Å². The summed E-state index contributed by atoms with van der Waals surface area (Å²) in [4.78, 5) is 18.9. The number of allylic oxidation sites excluding steroid dienone is 2. The molecule has 6 nitrogen and oxygen atoms in total. The van der Waals surface area contributed by atoms with Crippen molar-refractivity contribution in [3.8, 4) is 0 Å². The molecule has 2 aromatic heterocycles. The minimum atomic E-state index is -4.79. The number of rotatable bonds is 7. The van der Waals surface area contributed by atoms with Crippen molar-refractivity contribution in [3.05, 3.63) is 57.6 Å². The normalized spacial score (nSPS) is 22.7. The lowest BCUT2D eigenvalue weighted by molar-refractivity contribution is -0.145. The number of halogens is 5. The van der Waals surface area contributed by atoms with Crippen LogP contribution in [0.25, 0.3) is 0 Å². The third kappa shape index (κ3) is 6.20. The highest BCUT2D eigenvalue weighted by atomic mass is 35.5. The van der Waals surface area contributed by atoms with Crippen LogP contribution in [0, 0.1) is 17.3 Å². The summed E-state index contributed by atoms with van der Waals surface area (Å²) in [5.41, 5.74) is -1.32. The molecule has 0 aliphatic heterocycles. The molecule has 1 N–H and O–H groups in total. The molecule has 1 fully saturated rings. The summed E-state index contributed by atoms with van der Waals surface area (Å²) >= 11 is 12.4. The maximum atomic E-state index is 14.3. The highest BCUT2D eigenvalue weighted by molar-refractivity contribution is 6.35. The lowest BCUT2D eigenvalue weighted by Crippen LogP contribution is -2.44. The van der Waals surface area contributed by atoms with Gasteiger partial charge in [-0.05, 0) is 49.4 Å². The Labute approximate surface area is 230 Å². The van der Waals surface area contributed by atoms with E-state index in [1.54, 1.807) is 6.08 Å². The highest BCUT2D eigenvalue weighted by Crippen LogP contribution is 2.46. The van der Waals surface area contributed by atoms with Gasteiger partial charge < -0.3 is 10.0 Å². The minimum absolute atomic E-state index is 0.0983. The van der Waals surface area contributed by atoms with E-state index in [1.807, 2.05) is 6.08 Å². The van der Waals surface area contributed by atoms with Crippen molar-refractivity contribution in [2.75, 3.05) is 13.1 Å². The van der Waals surface area contributed by atoms with Crippen LogP contribution in [0.2, 0.25) is 10.0 Å². The third-order valence-electron chi connectivity index (χ3n) is 7.68. The molecular weight excluding hydrogens is 540 g/mol. The van der Waals surface area contributed by atoms with Gasteiger partial charge in [0.2, 0.25) is 0 Å². The summed E-state index contributed by atoms with van der Waals surface area (Å²) in [6.07, 6.45) is 4.82. The molecule has 2 atom stereocenters. The molecule has 1 amide bonds. The van der Waals surface area contributed by atoms with Crippen LogP contribution < -0.4 is 0 Å². The van der Waals surface area contributed by atoms with Crippen molar-refractivity contribution in [1.82, 2.24) is 19.7 Å². The molecule has 0 radical (unpaired) electrons. The zero-order valence-corrected chi connectivity index (χ0v) is 23.2. The number of aromatic nitrogens is 3. The van der Waals surface area contributed by atoms with Crippen LogP contribution in [0.1, 0.15) is 86.6 Å². The molecule has 4 rings (SSSR count). The van der Waals surface area contributed by atoms with E-state index in [9.17, 15) is 23.1 Å². The Hall–Kier alpha value is -2.10. The fourth-order valence-corrected chi connectivity index (χ4v) is 6.02. The van der Waals surface area contributed by atoms with Crippen LogP contribution in [-0.4, -0.2) is 43.8 Å². The van der Waals surface area contributed by atoms with Crippen molar-refractivity contribution in [2.24, 2.45) is 17.3 Å². The number of carbonyl (C=O) groups excluding carboxylic acids is 1. The smallest absolute Gasteiger partial charge is 0.386 e. The molecule has 0 bridgehead atoms. The average molecular weight is 573 g/mol. The molecule has 0 spiro atoms. The molecule has 2 heterocycles. The molecule has 2 aliphatic rings. The van der Waals surface area contributed by atoms with Crippen molar-refractivity contribution in [3.63, 3.8) is 0 Å². The first-order chi connectivity index (χ1) is 17.8. The fourth-order valence-electron chi connectivity index (χ4n) is 5.40. The van der Waals surface area contributed by atoms with Crippen LogP contribution in [-0.2, 0) is 6.18 Å².